The molecule has 4 heteroatoms. The predicted molar refractivity (Wildman–Crippen MR) is 84.3 cm³/mol. The molecule has 112 valence electrons. The largest absolute Gasteiger partial charge is 0.478 e. The third-order valence-electron chi connectivity index (χ3n) is 3.38. The van der Waals surface area contributed by atoms with Crippen molar-refractivity contribution in [2.24, 2.45) is 0 Å². The Morgan fingerprint density at radius 2 is 1.77 bits per heavy atom. The topological polar surface area (TPSA) is 74.6 Å². The molecule has 2 aromatic rings. The van der Waals surface area contributed by atoms with Crippen LogP contribution in [0.25, 0.3) is 10.8 Å². The summed E-state index contributed by atoms with van der Waals surface area (Å²) in [5, 5.41) is 19.4. The van der Waals surface area contributed by atoms with Gasteiger partial charge >= 0.3 is 11.9 Å². The van der Waals surface area contributed by atoms with Crippen molar-refractivity contribution in [3.63, 3.8) is 0 Å². The van der Waals surface area contributed by atoms with Crippen LogP contribution in [0.3, 0.4) is 0 Å². The van der Waals surface area contributed by atoms with Gasteiger partial charge in [0.15, 0.2) is 0 Å². The summed E-state index contributed by atoms with van der Waals surface area (Å²) in [6.45, 7) is 2.07. The molecule has 2 N–H and O–H groups in total. The Hall–Kier alpha value is -2.80. The zero-order valence-electron chi connectivity index (χ0n) is 12.2. The second kappa shape index (κ2) is 6.77. The Bertz CT molecular complexity index is 794. The van der Waals surface area contributed by atoms with Gasteiger partial charge in [-0.15, -0.1) is 0 Å². The molecule has 0 unspecified atom stereocenters. The summed E-state index contributed by atoms with van der Waals surface area (Å²) in [6, 6.07) is 7.68. The minimum atomic E-state index is -1.09. The number of carbonyl (C=O) groups is 2. The van der Waals surface area contributed by atoms with Gasteiger partial charge < -0.3 is 10.2 Å². The highest BCUT2D eigenvalue weighted by Gasteiger charge is 2.16. The molecule has 0 fully saturated rings. The molecule has 0 amide bonds. The first-order valence-corrected chi connectivity index (χ1v) is 7.07. The van der Waals surface area contributed by atoms with Crippen LogP contribution in [0, 0.1) is 11.8 Å². The van der Waals surface area contributed by atoms with E-state index in [9.17, 15) is 19.8 Å². The van der Waals surface area contributed by atoms with Crippen LogP contribution in [0.2, 0.25) is 0 Å². The average molecular weight is 296 g/mol. The molecule has 0 bridgehead atoms. The van der Waals surface area contributed by atoms with E-state index >= 15 is 0 Å². The second-order valence-corrected chi connectivity index (χ2v) is 4.90. The molecule has 0 aliphatic carbocycles. The van der Waals surface area contributed by atoms with Crippen LogP contribution in [-0.2, 0) is 0 Å². The molecule has 2 aromatic carbocycles. The van der Waals surface area contributed by atoms with E-state index in [2.05, 4.69) is 18.8 Å². The van der Waals surface area contributed by atoms with Crippen molar-refractivity contribution in [1.82, 2.24) is 0 Å². The SMILES string of the molecule is CCCCC#Cc1ccc(C(=O)O)c2cccc(C(=O)O)c12. The number of fused-ring (bicyclic) bond motifs is 1. The highest BCUT2D eigenvalue weighted by Crippen LogP contribution is 2.26. The molecule has 0 saturated carbocycles. The fourth-order valence-corrected chi connectivity index (χ4v) is 2.30. The number of carboxylic acid groups (broad SMARTS) is 2. The molecule has 2 rings (SSSR count). The summed E-state index contributed by atoms with van der Waals surface area (Å²) in [4.78, 5) is 22.8. The highest BCUT2D eigenvalue weighted by atomic mass is 16.4. The van der Waals surface area contributed by atoms with Gasteiger partial charge in [0.25, 0.3) is 0 Å². The molecule has 0 saturated heterocycles. The predicted octanol–water partition coefficient (Wildman–Crippen LogP) is 3.78. The molecule has 0 heterocycles. The Balaban J connectivity index is 2.71. The fourth-order valence-electron chi connectivity index (χ4n) is 2.30. The summed E-state index contributed by atoms with van der Waals surface area (Å²) >= 11 is 0. The van der Waals surface area contributed by atoms with Crippen LogP contribution < -0.4 is 0 Å². The van der Waals surface area contributed by atoms with Gasteiger partial charge in [0.1, 0.15) is 0 Å². The smallest absolute Gasteiger partial charge is 0.336 e. The first kappa shape index (κ1) is 15.6. The van der Waals surface area contributed by atoms with E-state index in [0.717, 1.165) is 19.3 Å². The molecular formula is C18H16O4. The van der Waals surface area contributed by atoms with Gasteiger partial charge in [-0.05, 0) is 30.0 Å². The highest BCUT2D eigenvalue weighted by molar-refractivity contribution is 6.12. The lowest BCUT2D eigenvalue weighted by molar-refractivity contribution is 0.0686. The van der Waals surface area contributed by atoms with E-state index in [1.54, 1.807) is 18.2 Å². The van der Waals surface area contributed by atoms with Gasteiger partial charge in [0.2, 0.25) is 0 Å². The standard InChI is InChI=1S/C18H16O4/c1-2-3-4-5-7-12-10-11-14(17(19)20)13-8-6-9-15(16(12)13)18(21)22/h6,8-11H,2-4H2,1H3,(H,19,20)(H,21,22). The maximum absolute atomic E-state index is 11.4. The van der Waals surface area contributed by atoms with E-state index in [4.69, 9.17) is 0 Å². The third-order valence-corrected chi connectivity index (χ3v) is 3.38. The molecule has 0 aromatic heterocycles. The quantitative estimate of drug-likeness (QED) is 0.665. The number of hydrogen-bond donors (Lipinski definition) is 2. The minimum Gasteiger partial charge on any atom is -0.478 e. The first-order valence-electron chi connectivity index (χ1n) is 7.07. The number of rotatable bonds is 4. The van der Waals surface area contributed by atoms with Crippen molar-refractivity contribution in [2.75, 3.05) is 0 Å². The van der Waals surface area contributed by atoms with E-state index in [-0.39, 0.29) is 11.1 Å². The van der Waals surface area contributed by atoms with Crippen molar-refractivity contribution in [1.29, 1.82) is 0 Å². The third kappa shape index (κ3) is 3.09. The molecule has 0 spiro atoms. The normalized spacial score (nSPS) is 10.0. The molecule has 22 heavy (non-hydrogen) atoms. The molecule has 0 aliphatic heterocycles. The number of benzene rings is 2. The summed E-state index contributed by atoms with van der Waals surface area (Å²) in [5.41, 5.74) is 0.701. The van der Waals surface area contributed by atoms with Gasteiger partial charge in [0.05, 0.1) is 11.1 Å². The maximum atomic E-state index is 11.4. The summed E-state index contributed by atoms with van der Waals surface area (Å²) in [6.07, 6.45) is 2.74. The number of aromatic carboxylic acids is 2. The number of unbranched alkanes of at least 4 members (excludes halogenated alkanes) is 2. The molecule has 0 radical (unpaired) electrons. The van der Waals surface area contributed by atoms with Crippen LogP contribution in [0.1, 0.15) is 52.5 Å². The Kier molecular flexibility index (Phi) is 4.80. The van der Waals surface area contributed by atoms with Crippen LogP contribution in [-0.4, -0.2) is 22.2 Å². The monoisotopic (exact) mass is 296 g/mol. The van der Waals surface area contributed by atoms with Crippen molar-refractivity contribution in [3.05, 3.63) is 47.0 Å². The van der Waals surface area contributed by atoms with Crippen LogP contribution in [0.4, 0.5) is 0 Å². The number of hydrogen-bond acceptors (Lipinski definition) is 2. The Morgan fingerprint density at radius 3 is 2.41 bits per heavy atom. The van der Waals surface area contributed by atoms with Crippen molar-refractivity contribution >= 4 is 22.7 Å². The molecule has 4 nitrogen and oxygen atoms in total. The van der Waals surface area contributed by atoms with Gasteiger partial charge in [-0.3, -0.25) is 0 Å². The Morgan fingerprint density at radius 1 is 1.05 bits per heavy atom. The van der Waals surface area contributed by atoms with Crippen LogP contribution in [0.15, 0.2) is 30.3 Å². The zero-order valence-corrected chi connectivity index (χ0v) is 12.2. The maximum Gasteiger partial charge on any atom is 0.336 e. The van der Waals surface area contributed by atoms with Crippen molar-refractivity contribution in [2.45, 2.75) is 26.2 Å². The first-order chi connectivity index (χ1) is 10.6. The van der Waals surface area contributed by atoms with Gasteiger partial charge in [-0.2, -0.15) is 0 Å². The number of carboxylic acids is 2. The summed E-state index contributed by atoms with van der Waals surface area (Å²) < 4.78 is 0. The average Bonchev–Trinajstić information content (AvgIpc) is 2.50. The van der Waals surface area contributed by atoms with E-state index < -0.39 is 11.9 Å². The second-order valence-electron chi connectivity index (χ2n) is 4.90. The van der Waals surface area contributed by atoms with Crippen LogP contribution >= 0.6 is 0 Å². The zero-order chi connectivity index (χ0) is 16.1. The van der Waals surface area contributed by atoms with Crippen molar-refractivity contribution in [3.8, 4) is 11.8 Å². The van der Waals surface area contributed by atoms with Crippen molar-refractivity contribution < 1.29 is 19.8 Å². The van der Waals surface area contributed by atoms with E-state index in [0.29, 0.717) is 16.3 Å². The van der Waals surface area contributed by atoms with Gasteiger partial charge in [-0.1, -0.05) is 37.3 Å². The lowest BCUT2D eigenvalue weighted by Crippen LogP contribution is -2.03. The van der Waals surface area contributed by atoms with Gasteiger partial charge in [0, 0.05) is 17.4 Å². The van der Waals surface area contributed by atoms with Crippen LogP contribution in [0.5, 0.6) is 0 Å². The van der Waals surface area contributed by atoms with Gasteiger partial charge in [-0.25, -0.2) is 9.59 Å². The Labute approximate surface area is 128 Å². The lowest BCUT2D eigenvalue weighted by Gasteiger charge is -2.08. The summed E-state index contributed by atoms with van der Waals surface area (Å²) in [5.74, 6) is 3.82. The molecule has 0 aliphatic rings. The van der Waals surface area contributed by atoms with E-state index in [1.807, 2.05) is 0 Å². The fraction of sp³-hybridized carbons (Fsp3) is 0.222. The van der Waals surface area contributed by atoms with E-state index in [1.165, 1.54) is 12.1 Å². The molecular weight excluding hydrogens is 280 g/mol. The summed E-state index contributed by atoms with van der Waals surface area (Å²) in [7, 11) is 0. The minimum absolute atomic E-state index is 0.0698. The molecule has 0 atom stereocenters. The lowest BCUT2D eigenvalue weighted by atomic mass is 9.95.